The number of thioether (sulfide) groups is 1. The van der Waals surface area contributed by atoms with Gasteiger partial charge < -0.3 is 10.1 Å². The van der Waals surface area contributed by atoms with Crippen LogP contribution in [-0.4, -0.2) is 33.7 Å². The average molecular weight is 402 g/mol. The Morgan fingerprint density at radius 1 is 1.37 bits per heavy atom. The first-order valence-electron chi connectivity index (χ1n) is 7.36. The van der Waals surface area contributed by atoms with E-state index in [-0.39, 0.29) is 34.5 Å². The van der Waals surface area contributed by atoms with Crippen LogP contribution in [0.15, 0.2) is 35.6 Å². The normalized spacial score (nSPS) is 11.1. The number of amides is 1. The van der Waals surface area contributed by atoms with Crippen molar-refractivity contribution in [2.45, 2.75) is 17.8 Å². The lowest BCUT2D eigenvalue weighted by Crippen LogP contribution is -2.14. The summed E-state index contributed by atoms with van der Waals surface area (Å²) in [5.74, 6) is -0.184. The van der Waals surface area contributed by atoms with Gasteiger partial charge in [-0.2, -0.15) is 13.2 Å². The number of nitro benzene ring substituents is 1. The molecule has 1 N–H and O–H groups in total. The Morgan fingerprint density at radius 3 is 2.74 bits per heavy atom. The Kier molecular flexibility index (Phi) is 6.55. The van der Waals surface area contributed by atoms with Crippen molar-refractivity contribution >= 4 is 29.0 Å². The van der Waals surface area contributed by atoms with Gasteiger partial charge in [0, 0.05) is 18.4 Å². The predicted molar refractivity (Wildman–Crippen MR) is 90.7 cm³/mol. The molecule has 0 atom stereocenters. The molecule has 1 aromatic heterocycles. The number of benzene rings is 1. The quantitative estimate of drug-likeness (QED) is 0.327. The molecule has 0 radical (unpaired) electrons. The van der Waals surface area contributed by atoms with Crippen molar-refractivity contribution < 1.29 is 27.6 Å². The zero-order chi connectivity index (χ0) is 20.0. The van der Waals surface area contributed by atoms with Crippen LogP contribution in [0.25, 0.3) is 0 Å². The number of nitrogens with zero attached hydrogens (tertiary/aromatic N) is 3. The van der Waals surface area contributed by atoms with Crippen molar-refractivity contribution in [1.82, 2.24) is 9.97 Å². The van der Waals surface area contributed by atoms with E-state index in [2.05, 4.69) is 15.3 Å². The molecule has 12 heteroatoms. The van der Waals surface area contributed by atoms with Gasteiger partial charge in [-0.15, -0.1) is 0 Å². The summed E-state index contributed by atoms with van der Waals surface area (Å²) < 4.78 is 42.7. The number of carbonyl (C=O) groups is 1. The second-order valence-corrected chi connectivity index (χ2v) is 6.07. The van der Waals surface area contributed by atoms with E-state index in [0.717, 1.165) is 24.0 Å². The molecule has 1 heterocycles. The lowest BCUT2D eigenvalue weighted by Gasteiger charge is -2.08. The fourth-order valence-corrected chi connectivity index (χ4v) is 2.68. The monoisotopic (exact) mass is 402 g/mol. The number of hydrogen-bond donors (Lipinski definition) is 1. The molecule has 2 aromatic rings. The van der Waals surface area contributed by atoms with Crippen molar-refractivity contribution in [3.63, 3.8) is 0 Å². The van der Waals surface area contributed by atoms with Gasteiger partial charge in [0.25, 0.3) is 5.69 Å². The lowest BCUT2D eigenvalue weighted by atomic mass is 10.2. The highest BCUT2D eigenvalue weighted by Gasteiger charge is 2.32. The number of halogens is 3. The van der Waals surface area contributed by atoms with Gasteiger partial charge >= 0.3 is 6.18 Å². The van der Waals surface area contributed by atoms with Gasteiger partial charge in [-0.3, -0.25) is 14.9 Å². The Morgan fingerprint density at radius 2 is 2.11 bits per heavy atom. The number of nitro groups is 1. The number of nitrogens with one attached hydrogen (secondary N) is 1. The molecular weight excluding hydrogens is 389 g/mol. The highest BCUT2D eigenvalue weighted by atomic mass is 32.2. The summed E-state index contributed by atoms with van der Waals surface area (Å²) in [7, 11) is 1.35. The number of methoxy groups -OCH3 is 1. The molecule has 0 saturated heterocycles. The van der Waals surface area contributed by atoms with E-state index < -0.39 is 22.7 Å². The zero-order valence-corrected chi connectivity index (χ0v) is 14.6. The van der Waals surface area contributed by atoms with Crippen LogP contribution in [0.2, 0.25) is 0 Å². The molecule has 1 amide bonds. The van der Waals surface area contributed by atoms with Gasteiger partial charge in [0.1, 0.15) is 17.1 Å². The van der Waals surface area contributed by atoms with E-state index in [1.54, 1.807) is 0 Å². The summed E-state index contributed by atoms with van der Waals surface area (Å²) in [4.78, 5) is 29.4. The summed E-state index contributed by atoms with van der Waals surface area (Å²) in [6.45, 7) is 0. The summed E-state index contributed by atoms with van der Waals surface area (Å²) in [6, 6.07) is 4.70. The van der Waals surface area contributed by atoms with Crippen LogP contribution in [0.4, 0.5) is 24.5 Å². The molecule has 27 heavy (non-hydrogen) atoms. The molecule has 0 aliphatic heterocycles. The highest BCUT2D eigenvalue weighted by molar-refractivity contribution is 7.99. The maximum atomic E-state index is 12.6. The second kappa shape index (κ2) is 8.66. The third-order valence-corrected chi connectivity index (χ3v) is 4.02. The van der Waals surface area contributed by atoms with Crippen LogP contribution in [0.1, 0.15) is 12.1 Å². The minimum atomic E-state index is -4.58. The fraction of sp³-hybridized carbons (Fsp3) is 0.267. The predicted octanol–water partition coefficient (Wildman–Crippen LogP) is 3.53. The molecule has 0 saturated carbocycles. The smallest absolute Gasteiger partial charge is 0.433 e. The Balaban J connectivity index is 1.95. The molecule has 0 spiro atoms. The number of carbonyl (C=O) groups excluding carboxylic acids is 1. The molecule has 0 aliphatic rings. The van der Waals surface area contributed by atoms with Crippen molar-refractivity contribution in [3.8, 4) is 5.75 Å². The van der Waals surface area contributed by atoms with Crippen LogP contribution in [0.3, 0.4) is 0 Å². The Labute approximate surface area is 155 Å². The van der Waals surface area contributed by atoms with Crippen molar-refractivity contribution in [1.29, 1.82) is 0 Å². The number of anilines is 1. The maximum Gasteiger partial charge on any atom is 0.433 e. The Hall–Kier alpha value is -2.89. The van der Waals surface area contributed by atoms with Crippen molar-refractivity contribution in [2.75, 3.05) is 18.2 Å². The van der Waals surface area contributed by atoms with Crippen molar-refractivity contribution in [3.05, 3.63) is 46.3 Å². The summed E-state index contributed by atoms with van der Waals surface area (Å²) in [6.07, 6.45) is -3.70. The molecule has 0 unspecified atom stereocenters. The van der Waals surface area contributed by atoms with E-state index in [9.17, 15) is 28.1 Å². The minimum Gasteiger partial charge on any atom is -0.496 e. The summed E-state index contributed by atoms with van der Waals surface area (Å²) in [5, 5.41) is 13.3. The van der Waals surface area contributed by atoms with Crippen LogP contribution in [0, 0.1) is 10.1 Å². The lowest BCUT2D eigenvalue weighted by molar-refractivity contribution is -0.384. The Bertz CT molecular complexity index is 848. The third-order valence-electron chi connectivity index (χ3n) is 3.16. The van der Waals surface area contributed by atoms with E-state index in [1.165, 1.54) is 25.3 Å². The van der Waals surface area contributed by atoms with E-state index >= 15 is 0 Å². The van der Waals surface area contributed by atoms with Gasteiger partial charge in [-0.05, 0) is 18.2 Å². The van der Waals surface area contributed by atoms with Crippen LogP contribution in [0.5, 0.6) is 5.75 Å². The SMILES string of the molecule is COc1ccc(NC(=O)CCSc2nccc(C(F)(F)F)n2)c([N+](=O)[O-])c1. The number of hydrogen-bond acceptors (Lipinski definition) is 7. The largest absolute Gasteiger partial charge is 0.496 e. The van der Waals surface area contributed by atoms with E-state index in [4.69, 9.17) is 4.74 Å². The topological polar surface area (TPSA) is 107 Å². The van der Waals surface area contributed by atoms with Gasteiger partial charge in [-0.25, -0.2) is 9.97 Å². The maximum absolute atomic E-state index is 12.6. The van der Waals surface area contributed by atoms with E-state index in [0.29, 0.717) is 0 Å². The molecule has 144 valence electrons. The molecule has 8 nitrogen and oxygen atoms in total. The van der Waals surface area contributed by atoms with E-state index in [1.807, 2.05) is 0 Å². The molecule has 0 fully saturated rings. The average Bonchev–Trinajstić information content (AvgIpc) is 2.61. The van der Waals surface area contributed by atoms with Crippen molar-refractivity contribution in [2.24, 2.45) is 0 Å². The first-order valence-corrected chi connectivity index (χ1v) is 8.34. The first-order chi connectivity index (χ1) is 12.7. The molecule has 0 bridgehead atoms. The second-order valence-electron chi connectivity index (χ2n) is 5.01. The first kappa shape index (κ1) is 20.4. The number of alkyl halides is 3. The third kappa shape index (κ3) is 5.81. The number of rotatable bonds is 7. The standard InChI is InChI=1S/C15H13F3N4O4S/c1-26-9-2-3-10(11(8-9)22(24)25)20-13(23)5-7-27-14-19-6-4-12(21-14)15(16,17)18/h2-4,6,8H,5,7H2,1H3,(H,20,23). The zero-order valence-electron chi connectivity index (χ0n) is 13.8. The molecule has 1 aromatic carbocycles. The van der Waals surface area contributed by atoms with Crippen LogP contribution < -0.4 is 10.1 Å². The highest BCUT2D eigenvalue weighted by Crippen LogP contribution is 2.30. The summed E-state index contributed by atoms with van der Waals surface area (Å²) in [5.41, 5.74) is -1.42. The summed E-state index contributed by atoms with van der Waals surface area (Å²) >= 11 is 0.869. The minimum absolute atomic E-state index is 0.00822. The van der Waals surface area contributed by atoms with Crippen LogP contribution >= 0.6 is 11.8 Å². The van der Waals surface area contributed by atoms with Gasteiger partial charge in [0.05, 0.1) is 18.1 Å². The van der Waals surface area contributed by atoms with Gasteiger partial charge in [0.2, 0.25) is 5.91 Å². The van der Waals surface area contributed by atoms with Gasteiger partial charge in [0.15, 0.2) is 5.16 Å². The van der Waals surface area contributed by atoms with Crippen LogP contribution in [-0.2, 0) is 11.0 Å². The van der Waals surface area contributed by atoms with Gasteiger partial charge in [-0.1, -0.05) is 11.8 Å². The molecule has 0 aliphatic carbocycles. The molecular formula is C15H13F3N4O4S. The number of aromatic nitrogens is 2. The fourth-order valence-electron chi connectivity index (χ4n) is 1.91. The number of ether oxygens (including phenoxy) is 1. The molecule has 2 rings (SSSR count).